The molecule has 0 bridgehead atoms. The first-order chi connectivity index (χ1) is 9.75. The van der Waals surface area contributed by atoms with E-state index in [-0.39, 0.29) is 0 Å². The van der Waals surface area contributed by atoms with Crippen LogP contribution in [0.15, 0.2) is 42.7 Å². The number of nitrogens with zero attached hydrogens (tertiary/aromatic N) is 2. The molecule has 1 N–H and O–H groups in total. The maximum absolute atomic E-state index is 4.32. The summed E-state index contributed by atoms with van der Waals surface area (Å²) >= 11 is 0. The average Bonchev–Trinajstić information content (AvgIpc) is 2.89. The Morgan fingerprint density at radius 2 is 2.05 bits per heavy atom. The Morgan fingerprint density at radius 3 is 2.90 bits per heavy atom. The van der Waals surface area contributed by atoms with Gasteiger partial charge in [-0.25, -0.2) is 0 Å². The highest BCUT2D eigenvalue weighted by Gasteiger charge is 2.21. The van der Waals surface area contributed by atoms with E-state index in [4.69, 9.17) is 0 Å². The Hall–Kier alpha value is -1.87. The SMILES string of the molecule is CC(C)NCc1ccncc1N1CCc2ccccc21. The molecule has 0 atom stereocenters. The van der Waals surface area contributed by atoms with Crippen LogP contribution in [0.3, 0.4) is 0 Å². The molecule has 0 spiro atoms. The maximum Gasteiger partial charge on any atom is 0.0643 e. The van der Waals surface area contributed by atoms with Gasteiger partial charge in [-0.1, -0.05) is 32.0 Å². The van der Waals surface area contributed by atoms with E-state index in [1.165, 1.54) is 22.5 Å². The van der Waals surface area contributed by atoms with Gasteiger partial charge in [0.05, 0.1) is 11.9 Å². The zero-order valence-corrected chi connectivity index (χ0v) is 12.1. The van der Waals surface area contributed by atoms with Crippen molar-refractivity contribution in [2.45, 2.75) is 32.9 Å². The van der Waals surface area contributed by atoms with E-state index in [1.54, 1.807) is 0 Å². The summed E-state index contributed by atoms with van der Waals surface area (Å²) in [4.78, 5) is 6.71. The summed E-state index contributed by atoms with van der Waals surface area (Å²) < 4.78 is 0. The third-order valence-electron chi connectivity index (χ3n) is 3.77. The first kappa shape index (κ1) is 13.1. The number of hydrogen-bond donors (Lipinski definition) is 1. The number of rotatable bonds is 4. The third-order valence-corrected chi connectivity index (χ3v) is 3.77. The van der Waals surface area contributed by atoms with Crippen LogP contribution in [0.25, 0.3) is 0 Å². The molecule has 1 aliphatic heterocycles. The second-order valence-corrected chi connectivity index (χ2v) is 5.57. The van der Waals surface area contributed by atoms with Crippen LogP contribution in [0, 0.1) is 0 Å². The van der Waals surface area contributed by atoms with Crippen molar-refractivity contribution < 1.29 is 0 Å². The number of fused-ring (bicyclic) bond motifs is 1. The zero-order chi connectivity index (χ0) is 13.9. The predicted molar refractivity (Wildman–Crippen MR) is 83.4 cm³/mol. The van der Waals surface area contributed by atoms with Gasteiger partial charge in [-0.3, -0.25) is 4.98 Å². The Bertz CT molecular complexity index is 592. The lowest BCUT2D eigenvalue weighted by Crippen LogP contribution is -2.24. The van der Waals surface area contributed by atoms with Crippen molar-refractivity contribution in [3.63, 3.8) is 0 Å². The summed E-state index contributed by atoms with van der Waals surface area (Å²) in [5, 5.41) is 3.50. The zero-order valence-electron chi connectivity index (χ0n) is 12.1. The monoisotopic (exact) mass is 267 g/mol. The molecule has 1 aliphatic rings. The third kappa shape index (κ3) is 2.54. The normalized spacial score (nSPS) is 13.8. The van der Waals surface area contributed by atoms with Gasteiger partial charge in [-0.2, -0.15) is 0 Å². The standard InChI is InChI=1S/C17H21N3/c1-13(2)19-11-15-7-9-18-12-17(15)20-10-8-14-5-3-4-6-16(14)20/h3-7,9,12-13,19H,8,10-11H2,1-2H3. The quantitative estimate of drug-likeness (QED) is 0.921. The molecule has 1 aromatic heterocycles. The van der Waals surface area contributed by atoms with Crippen molar-refractivity contribution >= 4 is 11.4 Å². The molecule has 0 aliphatic carbocycles. The average molecular weight is 267 g/mol. The fourth-order valence-electron chi connectivity index (χ4n) is 2.71. The van der Waals surface area contributed by atoms with Crippen LogP contribution in [0.1, 0.15) is 25.0 Å². The highest BCUT2D eigenvalue weighted by molar-refractivity contribution is 5.71. The topological polar surface area (TPSA) is 28.2 Å². The second kappa shape index (κ2) is 5.63. The Morgan fingerprint density at radius 1 is 1.20 bits per heavy atom. The van der Waals surface area contributed by atoms with E-state index in [1.807, 2.05) is 12.4 Å². The summed E-state index contributed by atoms with van der Waals surface area (Å²) in [7, 11) is 0. The van der Waals surface area contributed by atoms with Gasteiger partial charge in [0.1, 0.15) is 0 Å². The Kier molecular flexibility index (Phi) is 3.70. The number of aromatic nitrogens is 1. The number of para-hydroxylation sites is 1. The molecule has 3 rings (SSSR count). The van der Waals surface area contributed by atoms with E-state index in [2.05, 4.69) is 59.4 Å². The fourth-order valence-corrected chi connectivity index (χ4v) is 2.71. The molecule has 104 valence electrons. The van der Waals surface area contributed by atoms with Crippen molar-refractivity contribution in [2.24, 2.45) is 0 Å². The molecule has 0 radical (unpaired) electrons. The summed E-state index contributed by atoms with van der Waals surface area (Å²) in [6, 6.07) is 11.3. The molecule has 0 unspecified atom stereocenters. The van der Waals surface area contributed by atoms with Gasteiger partial charge < -0.3 is 10.2 Å². The summed E-state index contributed by atoms with van der Waals surface area (Å²) in [6.07, 6.45) is 4.98. The van der Waals surface area contributed by atoms with Gasteiger partial charge in [-0.15, -0.1) is 0 Å². The van der Waals surface area contributed by atoms with Crippen LogP contribution in [0.4, 0.5) is 11.4 Å². The molecular formula is C17H21N3. The molecule has 2 heterocycles. The van der Waals surface area contributed by atoms with E-state index >= 15 is 0 Å². The lowest BCUT2D eigenvalue weighted by atomic mass is 10.1. The predicted octanol–water partition coefficient (Wildman–Crippen LogP) is 3.27. The van der Waals surface area contributed by atoms with Gasteiger partial charge in [-0.05, 0) is 29.7 Å². The van der Waals surface area contributed by atoms with Gasteiger partial charge in [0, 0.05) is 31.0 Å². The summed E-state index contributed by atoms with van der Waals surface area (Å²) in [5.41, 5.74) is 5.29. The molecule has 3 nitrogen and oxygen atoms in total. The van der Waals surface area contributed by atoms with Crippen molar-refractivity contribution in [1.82, 2.24) is 10.3 Å². The number of anilines is 2. The van der Waals surface area contributed by atoms with Gasteiger partial charge in [0.15, 0.2) is 0 Å². The summed E-state index contributed by atoms with van der Waals surface area (Å²) in [5.74, 6) is 0. The lowest BCUT2D eigenvalue weighted by Gasteiger charge is -2.23. The van der Waals surface area contributed by atoms with Gasteiger partial charge >= 0.3 is 0 Å². The van der Waals surface area contributed by atoms with Gasteiger partial charge in [0.2, 0.25) is 0 Å². The number of pyridine rings is 1. The van der Waals surface area contributed by atoms with E-state index in [0.717, 1.165) is 19.5 Å². The molecule has 0 saturated heterocycles. The van der Waals surface area contributed by atoms with Crippen molar-refractivity contribution in [3.05, 3.63) is 53.9 Å². The number of benzene rings is 1. The van der Waals surface area contributed by atoms with E-state index in [9.17, 15) is 0 Å². The maximum atomic E-state index is 4.32. The first-order valence-corrected chi connectivity index (χ1v) is 7.27. The lowest BCUT2D eigenvalue weighted by molar-refractivity contribution is 0.588. The number of nitrogens with one attached hydrogen (secondary N) is 1. The van der Waals surface area contributed by atoms with Crippen LogP contribution in [-0.2, 0) is 13.0 Å². The van der Waals surface area contributed by atoms with Crippen LogP contribution >= 0.6 is 0 Å². The second-order valence-electron chi connectivity index (χ2n) is 5.57. The minimum atomic E-state index is 0.488. The minimum Gasteiger partial charge on any atom is -0.339 e. The van der Waals surface area contributed by atoms with Crippen molar-refractivity contribution in [3.8, 4) is 0 Å². The number of hydrogen-bond acceptors (Lipinski definition) is 3. The highest BCUT2D eigenvalue weighted by atomic mass is 15.2. The Labute approximate surface area is 120 Å². The minimum absolute atomic E-state index is 0.488. The smallest absolute Gasteiger partial charge is 0.0643 e. The summed E-state index contributed by atoms with van der Waals surface area (Å²) in [6.45, 7) is 6.27. The molecule has 2 aromatic rings. The van der Waals surface area contributed by atoms with Crippen LogP contribution in [0.2, 0.25) is 0 Å². The molecule has 3 heteroatoms. The largest absolute Gasteiger partial charge is 0.339 e. The van der Waals surface area contributed by atoms with Crippen LogP contribution in [-0.4, -0.2) is 17.6 Å². The highest BCUT2D eigenvalue weighted by Crippen LogP contribution is 2.35. The van der Waals surface area contributed by atoms with Crippen LogP contribution in [0.5, 0.6) is 0 Å². The molecule has 20 heavy (non-hydrogen) atoms. The van der Waals surface area contributed by atoms with E-state index in [0.29, 0.717) is 6.04 Å². The molecule has 0 saturated carbocycles. The molecule has 0 fully saturated rings. The van der Waals surface area contributed by atoms with E-state index < -0.39 is 0 Å². The van der Waals surface area contributed by atoms with Crippen LogP contribution < -0.4 is 10.2 Å². The molecule has 0 amide bonds. The van der Waals surface area contributed by atoms with Crippen molar-refractivity contribution in [1.29, 1.82) is 0 Å². The molecular weight excluding hydrogens is 246 g/mol. The first-order valence-electron chi connectivity index (χ1n) is 7.27. The van der Waals surface area contributed by atoms with Crippen molar-refractivity contribution in [2.75, 3.05) is 11.4 Å². The van der Waals surface area contributed by atoms with Gasteiger partial charge in [0.25, 0.3) is 0 Å². The fraction of sp³-hybridized carbons (Fsp3) is 0.353. The molecule has 1 aromatic carbocycles. The Balaban J connectivity index is 1.91.